The van der Waals surface area contributed by atoms with Crippen molar-refractivity contribution in [3.63, 3.8) is 0 Å². The van der Waals surface area contributed by atoms with Crippen molar-refractivity contribution in [2.24, 2.45) is 0 Å². The maximum absolute atomic E-state index is 5.32. The molecule has 1 aliphatic carbocycles. The molecule has 0 saturated heterocycles. The van der Waals surface area contributed by atoms with Crippen LogP contribution in [0.15, 0.2) is 198 Å². The molecule has 0 radical (unpaired) electrons. The Hall–Kier alpha value is -7.14. The van der Waals surface area contributed by atoms with Crippen LogP contribution in [-0.4, -0.2) is 15.0 Å². The van der Waals surface area contributed by atoms with Crippen molar-refractivity contribution in [1.29, 1.82) is 0 Å². The van der Waals surface area contributed by atoms with Crippen molar-refractivity contribution in [2.45, 2.75) is 29.1 Å². The van der Waals surface area contributed by atoms with Gasteiger partial charge in [-0.2, -0.15) is 0 Å². The highest BCUT2D eigenvalue weighted by molar-refractivity contribution is 7.99. The molecule has 0 unspecified atom stereocenters. The molecule has 2 aliphatic rings. The fraction of sp³-hybridized carbons (Fsp3) is 0.0536. The Labute approximate surface area is 355 Å². The zero-order valence-electron chi connectivity index (χ0n) is 33.3. The SMILES string of the molecule is CC1(C)c2ccccc2-c2cc3c(cc21)Sc1ccccc1-c1ccccc1/C=C\c1ccc(-c2nc(-c4ccccc4)cc(-c4ccc(-c5cccnc5)cc4)n2)cc1-3. The normalized spacial score (nSPS) is 13.7. The van der Waals surface area contributed by atoms with Gasteiger partial charge in [0.15, 0.2) is 5.82 Å². The third-order valence-electron chi connectivity index (χ3n) is 12.1. The minimum atomic E-state index is -0.136. The number of fused-ring (bicyclic) bond motifs is 9. The molecule has 1 aliphatic heterocycles. The van der Waals surface area contributed by atoms with Gasteiger partial charge < -0.3 is 0 Å². The van der Waals surface area contributed by atoms with Crippen LogP contribution in [0, 0.1) is 0 Å². The first-order valence-corrected chi connectivity index (χ1v) is 21.2. The monoisotopic (exact) mass is 785 g/mol. The topological polar surface area (TPSA) is 38.7 Å². The first-order valence-electron chi connectivity index (χ1n) is 20.4. The highest BCUT2D eigenvalue weighted by Crippen LogP contribution is 2.53. The molecule has 0 fully saturated rings. The summed E-state index contributed by atoms with van der Waals surface area (Å²) >= 11 is 1.86. The predicted octanol–water partition coefficient (Wildman–Crippen LogP) is 14.8. The number of hydrogen-bond acceptors (Lipinski definition) is 4. The van der Waals surface area contributed by atoms with Gasteiger partial charge in [0.05, 0.1) is 11.4 Å². The smallest absolute Gasteiger partial charge is 0.160 e. The summed E-state index contributed by atoms with van der Waals surface area (Å²) < 4.78 is 0. The van der Waals surface area contributed by atoms with Crippen LogP contribution in [0.1, 0.15) is 36.1 Å². The van der Waals surface area contributed by atoms with Crippen LogP contribution in [-0.2, 0) is 5.41 Å². The highest BCUT2D eigenvalue weighted by atomic mass is 32.2. The summed E-state index contributed by atoms with van der Waals surface area (Å²) in [5.41, 5.74) is 19.3. The molecule has 7 aromatic carbocycles. The second kappa shape index (κ2) is 14.6. The van der Waals surface area contributed by atoms with Gasteiger partial charge in [-0.15, -0.1) is 0 Å². The van der Waals surface area contributed by atoms with Gasteiger partial charge in [-0.3, -0.25) is 4.98 Å². The van der Waals surface area contributed by atoms with Crippen LogP contribution in [0.25, 0.3) is 90.6 Å². The molecule has 60 heavy (non-hydrogen) atoms. The largest absolute Gasteiger partial charge is 0.264 e. The van der Waals surface area contributed by atoms with Gasteiger partial charge in [0, 0.05) is 44.3 Å². The van der Waals surface area contributed by atoms with E-state index in [9.17, 15) is 0 Å². The zero-order chi connectivity index (χ0) is 40.2. The summed E-state index contributed by atoms with van der Waals surface area (Å²) in [7, 11) is 0. The van der Waals surface area contributed by atoms with Gasteiger partial charge in [-0.1, -0.05) is 177 Å². The van der Waals surface area contributed by atoms with Crippen LogP contribution >= 0.6 is 11.8 Å². The third-order valence-corrected chi connectivity index (χ3v) is 13.2. The number of nitrogens with zero attached hydrogens (tertiary/aromatic N) is 3. The molecular formula is C56H39N3S. The number of benzene rings is 7. The fourth-order valence-electron chi connectivity index (χ4n) is 8.91. The van der Waals surface area contributed by atoms with E-state index in [2.05, 4.69) is 195 Å². The van der Waals surface area contributed by atoms with Gasteiger partial charge >= 0.3 is 0 Å². The molecule has 0 atom stereocenters. The standard InChI is InChI=1S/C56H39N3S/c1-56(2)49-20-10-8-18-44(49)47-32-48-46-31-41(29-26-38(46)25-24-37-13-6-7-17-43(37)45-19-9-11-21-53(45)60-54(48)33-50(47)56)55-58-51(39-14-4-3-5-15-39)34-52(59-55)40-27-22-36(23-28-40)42-16-12-30-57-35-42/h3-35H,1-2H3/b25-24-. The van der Waals surface area contributed by atoms with Gasteiger partial charge in [-0.05, 0) is 103 Å². The molecular weight excluding hydrogens is 747 g/mol. The Balaban J connectivity index is 1.13. The van der Waals surface area contributed by atoms with E-state index >= 15 is 0 Å². The fourth-order valence-corrected chi connectivity index (χ4v) is 10.0. The van der Waals surface area contributed by atoms with E-state index in [1.807, 2.05) is 30.1 Å². The minimum absolute atomic E-state index is 0.136. The van der Waals surface area contributed by atoms with E-state index in [0.717, 1.165) is 50.3 Å². The van der Waals surface area contributed by atoms with Crippen molar-refractivity contribution in [1.82, 2.24) is 15.0 Å². The van der Waals surface area contributed by atoms with Gasteiger partial charge in [0.1, 0.15) is 0 Å². The molecule has 2 aromatic heterocycles. The highest BCUT2D eigenvalue weighted by Gasteiger charge is 2.36. The van der Waals surface area contributed by atoms with Crippen LogP contribution in [0.3, 0.4) is 0 Å². The molecule has 0 bridgehead atoms. The van der Waals surface area contributed by atoms with E-state index in [1.54, 1.807) is 6.20 Å². The van der Waals surface area contributed by atoms with E-state index < -0.39 is 0 Å². The van der Waals surface area contributed by atoms with Crippen molar-refractivity contribution >= 4 is 23.9 Å². The number of rotatable bonds is 4. The molecule has 0 spiro atoms. The summed E-state index contributed by atoms with van der Waals surface area (Å²) in [6.07, 6.45) is 8.25. The van der Waals surface area contributed by atoms with Crippen LogP contribution in [0.2, 0.25) is 0 Å². The van der Waals surface area contributed by atoms with Crippen molar-refractivity contribution in [3.8, 4) is 78.4 Å². The lowest BCUT2D eigenvalue weighted by Crippen LogP contribution is -2.15. The predicted molar refractivity (Wildman–Crippen MR) is 249 cm³/mol. The number of pyridine rings is 1. The van der Waals surface area contributed by atoms with E-state index in [1.165, 1.54) is 54.3 Å². The second-order valence-electron chi connectivity index (χ2n) is 16.0. The Morgan fingerprint density at radius 1 is 0.400 bits per heavy atom. The van der Waals surface area contributed by atoms with Crippen molar-refractivity contribution in [2.75, 3.05) is 0 Å². The average molecular weight is 786 g/mol. The van der Waals surface area contributed by atoms with Gasteiger partial charge in [0.25, 0.3) is 0 Å². The third kappa shape index (κ3) is 6.28. The van der Waals surface area contributed by atoms with E-state index in [0.29, 0.717) is 5.82 Å². The molecule has 11 rings (SSSR count). The quantitative estimate of drug-likeness (QED) is 0.178. The van der Waals surface area contributed by atoms with E-state index in [-0.39, 0.29) is 5.41 Å². The lowest BCUT2D eigenvalue weighted by atomic mass is 9.82. The summed E-state index contributed by atoms with van der Waals surface area (Å²) in [5, 5.41) is 0. The summed E-state index contributed by atoms with van der Waals surface area (Å²) in [5.74, 6) is 0.682. The number of hydrogen-bond donors (Lipinski definition) is 0. The van der Waals surface area contributed by atoms with E-state index in [4.69, 9.17) is 9.97 Å². The molecule has 3 nitrogen and oxygen atoms in total. The lowest BCUT2D eigenvalue weighted by molar-refractivity contribution is 0.659. The molecule has 9 aromatic rings. The Morgan fingerprint density at radius 2 is 1.03 bits per heavy atom. The lowest BCUT2D eigenvalue weighted by Gasteiger charge is -2.23. The molecule has 4 heteroatoms. The zero-order valence-corrected chi connectivity index (χ0v) is 34.1. The minimum Gasteiger partial charge on any atom is -0.264 e. The van der Waals surface area contributed by atoms with Crippen LogP contribution < -0.4 is 0 Å². The second-order valence-corrected chi connectivity index (χ2v) is 17.1. The maximum atomic E-state index is 5.32. The molecule has 3 heterocycles. The molecule has 284 valence electrons. The molecule has 0 amide bonds. The first-order chi connectivity index (χ1) is 29.5. The van der Waals surface area contributed by atoms with Crippen LogP contribution in [0.4, 0.5) is 0 Å². The Morgan fingerprint density at radius 3 is 1.82 bits per heavy atom. The van der Waals surface area contributed by atoms with Crippen molar-refractivity contribution < 1.29 is 0 Å². The first kappa shape index (κ1) is 36.0. The summed E-state index contributed by atoms with van der Waals surface area (Å²) in [4.78, 5) is 17.4. The Bertz CT molecular complexity index is 3130. The van der Waals surface area contributed by atoms with Crippen molar-refractivity contribution in [3.05, 3.63) is 211 Å². The summed E-state index contributed by atoms with van der Waals surface area (Å²) in [6.45, 7) is 4.72. The van der Waals surface area contributed by atoms with Gasteiger partial charge in [0.2, 0.25) is 0 Å². The van der Waals surface area contributed by atoms with Gasteiger partial charge in [-0.25, -0.2) is 9.97 Å². The Kier molecular flexibility index (Phi) is 8.75. The molecule has 0 N–H and O–H groups in total. The average Bonchev–Trinajstić information content (AvgIpc) is 3.52. The number of aromatic nitrogens is 3. The summed E-state index contributed by atoms with van der Waals surface area (Å²) in [6, 6.07) is 63.3. The van der Waals surface area contributed by atoms with Crippen LogP contribution in [0.5, 0.6) is 0 Å². The maximum Gasteiger partial charge on any atom is 0.160 e. The molecule has 0 saturated carbocycles.